The van der Waals surface area contributed by atoms with E-state index < -0.39 is 5.60 Å². The summed E-state index contributed by atoms with van der Waals surface area (Å²) in [4.78, 5) is 0. The van der Waals surface area contributed by atoms with Crippen molar-refractivity contribution in [1.82, 2.24) is 5.32 Å². The summed E-state index contributed by atoms with van der Waals surface area (Å²) in [5.41, 5.74) is 1.85. The van der Waals surface area contributed by atoms with Crippen LogP contribution in [-0.2, 0) is 17.7 Å². The average Bonchev–Trinajstić information content (AvgIpc) is 2.97. The lowest BCUT2D eigenvalue weighted by Gasteiger charge is -2.20. The maximum atomic E-state index is 10.1. The molecule has 0 aromatic heterocycles. The molecule has 2 heterocycles. The van der Waals surface area contributed by atoms with Gasteiger partial charge in [0.25, 0.3) is 0 Å². The molecule has 1 atom stereocenters. The summed E-state index contributed by atoms with van der Waals surface area (Å²) in [5, 5.41) is 13.4. The molecular formula is C14H19NO3. The molecule has 2 aliphatic heterocycles. The van der Waals surface area contributed by atoms with Crippen molar-refractivity contribution >= 4 is 0 Å². The highest BCUT2D eigenvalue weighted by Gasteiger charge is 2.31. The van der Waals surface area contributed by atoms with Crippen LogP contribution < -0.4 is 10.1 Å². The van der Waals surface area contributed by atoms with Crippen LogP contribution in [0.3, 0.4) is 0 Å². The molecule has 0 saturated carbocycles. The molecule has 2 aliphatic rings. The van der Waals surface area contributed by atoms with Gasteiger partial charge in [0.15, 0.2) is 0 Å². The van der Waals surface area contributed by atoms with Gasteiger partial charge < -0.3 is 19.9 Å². The second-order valence-electron chi connectivity index (χ2n) is 5.17. The van der Waals surface area contributed by atoms with Crippen LogP contribution >= 0.6 is 0 Å². The van der Waals surface area contributed by atoms with Gasteiger partial charge in [-0.3, -0.25) is 0 Å². The van der Waals surface area contributed by atoms with Crippen LogP contribution in [0.15, 0.2) is 18.2 Å². The number of benzene rings is 1. The Morgan fingerprint density at radius 1 is 1.33 bits per heavy atom. The fraction of sp³-hybridized carbons (Fsp3) is 0.571. The lowest BCUT2D eigenvalue weighted by Crippen LogP contribution is -2.40. The van der Waals surface area contributed by atoms with Crippen LogP contribution in [0.5, 0.6) is 5.75 Å². The normalized spacial score (nSPS) is 26.1. The summed E-state index contributed by atoms with van der Waals surface area (Å²) in [6.07, 6.45) is 1.72. The molecule has 0 aliphatic carbocycles. The predicted molar refractivity (Wildman–Crippen MR) is 67.7 cm³/mol. The largest absolute Gasteiger partial charge is 0.493 e. The minimum Gasteiger partial charge on any atom is -0.493 e. The third-order valence-electron chi connectivity index (χ3n) is 3.62. The van der Waals surface area contributed by atoms with Crippen LogP contribution in [0, 0.1) is 0 Å². The standard InChI is InChI=1S/C14H19NO3/c16-14(4-6-17-10-14)9-15-8-11-1-2-13-12(7-11)3-5-18-13/h1-2,7,15-16H,3-6,8-10H2. The van der Waals surface area contributed by atoms with Gasteiger partial charge >= 0.3 is 0 Å². The summed E-state index contributed by atoms with van der Waals surface area (Å²) in [6, 6.07) is 6.30. The van der Waals surface area contributed by atoms with E-state index in [-0.39, 0.29) is 0 Å². The predicted octanol–water partition coefficient (Wildman–Crippen LogP) is 0.862. The summed E-state index contributed by atoms with van der Waals surface area (Å²) >= 11 is 0. The monoisotopic (exact) mass is 249 g/mol. The molecule has 98 valence electrons. The SMILES string of the molecule is OC1(CNCc2ccc3c(c2)CCO3)CCOC1. The first-order valence-electron chi connectivity index (χ1n) is 6.51. The van der Waals surface area contributed by atoms with Crippen LogP contribution in [-0.4, -0.2) is 37.1 Å². The van der Waals surface area contributed by atoms with E-state index in [1.807, 2.05) is 6.07 Å². The third-order valence-corrected chi connectivity index (χ3v) is 3.62. The van der Waals surface area contributed by atoms with Gasteiger partial charge in [0.05, 0.1) is 13.2 Å². The van der Waals surface area contributed by atoms with E-state index in [4.69, 9.17) is 9.47 Å². The first-order chi connectivity index (χ1) is 8.75. The van der Waals surface area contributed by atoms with Crippen molar-refractivity contribution in [3.8, 4) is 5.75 Å². The second kappa shape index (κ2) is 4.88. The van der Waals surface area contributed by atoms with Crippen molar-refractivity contribution in [3.05, 3.63) is 29.3 Å². The van der Waals surface area contributed by atoms with Gasteiger partial charge in [-0.1, -0.05) is 12.1 Å². The lowest BCUT2D eigenvalue weighted by molar-refractivity contribution is 0.0268. The lowest BCUT2D eigenvalue weighted by atomic mass is 10.0. The molecule has 1 aromatic carbocycles. The van der Waals surface area contributed by atoms with E-state index in [1.54, 1.807) is 0 Å². The molecule has 3 rings (SSSR count). The van der Waals surface area contributed by atoms with Crippen LogP contribution in [0.1, 0.15) is 17.5 Å². The quantitative estimate of drug-likeness (QED) is 0.831. The Morgan fingerprint density at radius 3 is 3.11 bits per heavy atom. The van der Waals surface area contributed by atoms with Gasteiger partial charge in [-0.2, -0.15) is 0 Å². The Balaban J connectivity index is 1.54. The number of hydrogen-bond donors (Lipinski definition) is 2. The van der Waals surface area contributed by atoms with Gasteiger partial charge in [0.2, 0.25) is 0 Å². The Bertz CT molecular complexity index is 427. The van der Waals surface area contributed by atoms with E-state index in [0.29, 0.717) is 19.8 Å². The molecule has 0 amide bonds. The Labute approximate surface area is 107 Å². The molecule has 1 saturated heterocycles. The molecule has 4 heteroatoms. The van der Waals surface area contributed by atoms with Crippen LogP contribution in [0.4, 0.5) is 0 Å². The van der Waals surface area contributed by atoms with E-state index in [1.165, 1.54) is 11.1 Å². The maximum absolute atomic E-state index is 10.1. The summed E-state index contributed by atoms with van der Waals surface area (Å²) in [7, 11) is 0. The zero-order valence-electron chi connectivity index (χ0n) is 10.4. The molecule has 2 N–H and O–H groups in total. The zero-order valence-corrected chi connectivity index (χ0v) is 10.4. The van der Waals surface area contributed by atoms with Crippen LogP contribution in [0.25, 0.3) is 0 Å². The Hall–Kier alpha value is -1.10. The molecule has 18 heavy (non-hydrogen) atoms. The number of ether oxygens (including phenoxy) is 2. The van der Waals surface area contributed by atoms with Crippen molar-refractivity contribution in [3.63, 3.8) is 0 Å². The molecule has 0 radical (unpaired) electrons. The zero-order chi connectivity index (χ0) is 12.4. The molecule has 0 bridgehead atoms. The Kier molecular flexibility index (Phi) is 3.24. The summed E-state index contributed by atoms with van der Waals surface area (Å²) < 4.78 is 10.7. The van der Waals surface area contributed by atoms with Crippen molar-refractivity contribution in [2.24, 2.45) is 0 Å². The maximum Gasteiger partial charge on any atom is 0.122 e. The molecular weight excluding hydrogens is 230 g/mol. The fourth-order valence-corrected chi connectivity index (χ4v) is 2.53. The smallest absolute Gasteiger partial charge is 0.122 e. The van der Waals surface area contributed by atoms with Crippen molar-refractivity contribution in [2.75, 3.05) is 26.4 Å². The molecule has 1 aromatic rings. The van der Waals surface area contributed by atoms with Gasteiger partial charge in [0.1, 0.15) is 11.4 Å². The number of aliphatic hydroxyl groups is 1. The first kappa shape index (κ1) is 12.0. The van der Waals surface area contributed by atoms with Gasteiger partial charge in [-0.25, -0.2) is 0 Å². The number of nitrogens with one attached hydrogen (secondary N) is 1. The fourth-order valence-electron chi connectivity index (χ4n) is 2.53. The number of rotatable bonds is 4. The highest BCUT2D eigenvalue weighted by molar-refractivity contribution is 5.39. The topological polar surface area (TPSA) is 50.7 Å². The first-order valence-corrected chi connectivity index (χ1v) is 6.51. The number of hydrogen-bond acceptors (Lipinski definition) is 4. The summed E-state index contributed by atoms with van der Waals surface area (Å²) in [6.45, 7) is 3.26. The number of fused-ring (bicyclic) bond motifs is 1. The average molecular weight is 249 g/mol. The molecule has 1 unspecified atom stereocenters. The van der Waals surface area contributed by atoms with Crippen molar-refractivity contribution in [2.45, 2.75) is 25.0 Å². The molecule has 0 spiro atoms. The van der Waals surface area contributed by atoms with E-state index in [0.717, 1.165) is 31.7 Å². The van der Waals surface area contributed by atoms with Gasteiger partial charge in [-0.15, -0.1) is 0 Å². The van der Waals surface area contributed by atoms with Crippen LogP contribution in [0.2, 0.25) is 0 Å². The van der Waals surface area contributed by atoms with E-state index in [9.17, 15) is 5.11 Å². The molecule has 1 fully saturated rings. The van der Waals surface area contributed by atoms with Gasteiger partial charge in [0, 0.05) is 32.5 Å². The van der Waals surface area contributed by atoms with Crippen molar-refractivity contribution in [1.29, 1.82) is 0 Å². The van der Waals surface area contributed by atoms with E-state index in [2.05, 4.69) is 17.4 Å². The van der Waals surface area contributed by atoms with E-state index >= 15 is 0 Å². The highest BCUT2D eigenvalue weighted by atomic mass is 16.5. The Morgan fingerprint density at radius 2 is 2.28 bits per heavy atom. The van der Waals surface area contributed by atoms with Gasteiger partial charge in [-0.05, 0) is 17.2 Å². The third kappa shape index (κ3) is 2.51. The van der Waals surface area contributed by atoms with Crippen molar-refractivity contribution < 1.29 is 14.6 Å². The summed E-state index contributed by atoms with van der Waals surface area (Å²) in [5.74, 6) is 1.02. The second-order valence-corrected chi connectivity index (χ2v) is 5.17. The minimum atomic E-state index is -0.681. The molecule has 4 nitrogen and oxygen atoms in total. The highest BCUT2D eigenvalue weighted by Crippen LogP contribution is 2.25. The minimum absolute atomic E-state index is 0.442.